The fraction of sp³-hybridized carbons (Fsp3) is 0.286. The highest BCUT2D eigenvalue weighted by Crippen LogP contribution is 2.24. The van der Waals surface area contributed by atoms with E-state index >= 15 is 0 Å². The first kappa shape index (κ1) is 13.9. The molecule has 0 amide bonds. The quantitative estimate of drug-likeness (QED) is 0.939. The van der Waals surface area contributed by atoms with Crippen LogP contribution in [0, 0.1) is 19.7 Å². The summed E-state index contributed by atoms with van der Waals surface area (Å²) < 4.78 is 13.2. The number of aromatic nitrogens is 2. The summed E-state index contributed by atoms with van der Waals surface area (Å²) >= 11 is 6.05. The molecule has 0 fully saturated rings. The molecule has 0 radical (unpaired) electrons. The van der Waals surface area contributed by atoms with Gasteiger partial charge in [-0.25, -0.2) is 4.39 Å². The van der Waals surface area contributed by atoms with E-state index in [-0.39, 0.29) is 11.9 Å². The average molecular weight is 280 g/mol. The number of nitrogens with two attached hydrogens (primary N) is 1. The summed E-state index contributed by atoms with van der Waals surface area (Å²) in [6.45, 7) is 3.71. The van der Waals surface area contributed by atoms with E-state index in [4.69, 9.17) is 17.3 Å². The van der Waals surface area contributed by atoms with Crippen LogP contribution in [0.15, 0.2) is 24.3 Å². The van der Waals surface area contributed by atoms with Crippen molar-refractivity contribution in [3.8, 4) is 0 Å². The second kappa shape index (κ2) is 5.63. The van der Waals surface area contributed by atoms with Gasteiger partial charge in [-0.15, -0.1) is 0 Å². The number of halogens is 2. The normalized spacial score (nSPS) is 12.5. The zero-order chi connectivity index (χ0) is 14.0. The number of nitrogens with zero attached hydrogens (tertiary/aromatic N) is 2. The van der Waals surface area contributed by atoms with Crippen LogP contribution in [0.2, 0.25) is 5.02 Å². The van der Waals surface area contributed by atoms with E-state index in [1.807, 2.05) is 19.9 Å². The van der Waals surface area contributed by atoms with Crippen molar-refractivity contribution in [2.45, 2.75) is 26.3 Å². The van der Waals surface area contributed by atoms with Crippen molar-refractivity contribution in [1.82, 2.24) is 10.2 Å². The van der Waals surface area contributed by atoms with Crippen LogP contribution in [0.1, 0.15) is 28.6 Å². The highest BCUT2D eigenvalue weighted by Gasteiger charge is 2.14. The maximum atomic E-state index is 13.2. The predicted molar refractivity (Wildman–Crippen MR) is 73.5 cm³/mol. The molecule has 0 saturated heterocycles. The van der Waals surface area contributed by atoms with Crippen molar-refractivity contribution in [2.75, 3.05) is 0 Å². The molecule has 2 N–H and O–H groups in total. The Morgan fingerprint density at radius 3 is 2.74 bits per heavy atom. The second-order valence-corrected chi connectivity index (χ2v) is 4.98. The molecule has 1 aromatic carbocycles. The smallest absolute Gasteiger partial charge is 0.123 e. The van der Waals surface area contributed by atoms with E-state index in [2.05, 4.69) is 10.2 Å². The Balaban J connectivity index is 2.27. The molecule has 0 aliphatic rings. The third kappa shape index (κ3) is 3.28. The minimum absolute atomic E-state index is 0.284. The first-order valence-electron chi connectivity index (χ1n) is 5.97. The Labute approximate surface area is 116 Å². The lowest BCUT2D eigenvalue weighted by Gasteiger charge is -2.15. The summed E-state index contributed by atoms with van der Waals surface area (Å²) in [5.41, 5.74) is 9.36. The van der Waals surface area contributed by atoms with E-state index in [9.17, 15) is 4.39 Å². The Bertz CT molecular complexity index is 601. The van der Waals surface area contributed by atoms with Gasteiger partial charge in [0.15, 0.2) is 0 Å². The van der Waals surface area contributed by atoms with E-state index in [1.165, 1.54) is 12.1 Å². The van der Waals surface area contributed by atoms with Crippen LogP contribution in [0.3, 0.4) is 0 Å². The van der Waals surface area contributed by atoms with E-state index in [0.717, 1.165) is 17.0 Å². The molecule has 0 aliphatic carbocycles. The van der Waals surface area contributed by atoms with Crippen molar-refractivity contribution < 1.29 is 4.39 Å². The van der Waals surface area contributed by atoms with E-state index in [0.29, 0.717) is 17.0 Å². The van der Waals surface area contributed by atoms with Gasteiger partial charge in [0, 0.05) is 11.1 Å². The molecule has 3 nitrogen and oxygen atoms in total. The molecule has 2 rings (SSSR count). The summed E-state index contributed by atoms with van der Waals surface area (Å²) in [4.78, 5) is 0. The molecule has 100 valence electrons. The van der Waals surface area contributed by atoms with Gasteiger partial charge in [0.05, 0.1) is 11.4 Å². The molecule has 1 heterocycles. The Morgan fingerprint density at radius 1 is 1.26 bits per heavy atom. The predicted octanol–water partition coefficient (Wildman–Crippen LogP) is 3.13. The van der Waals surface area contributed by atoms with E-state index in [1.54, 1.807) is 6.07 Å². The number of aryl methyl sites for hydroxylation is 2. The summed E-state index contributed by atoms with van der Waals surface area (Å²) in [7, 11) is 0. The largest absolute Gasteiger partial charge is 0.324 e. The van der Waals surface area contributed by atoms with Crippen molar-refractivity contribution in [3.05, 3.63) is 57.6 Å². The molecule has 1 atom stereocenters. The van der Waals surface area contributed by atoms with Gasteiger partial charge in [0.25, 0.3) is 0 Å². The van der Waals surface area contributed by atoms with Gasteiger partial charge in [0.2, 0.25) is 0 Å². The standard InChI is InChI=1S/C14H15ClFN3/c1-8-5-12(9(2)19-18-8)14(17)7-10-6-11(16)3-4-13(10)15/h3-6,14H,7,17H2,1-2H3. The van der Waals surface area contributed by atoms with Crippen LogP contribution < -0.4 is 5.73 Å². The molecular formula is C14H15ClFN3. The Morgan fingerprint density at radius 2 is 2.00 bits per heavy atom. The SMILES string of the molecule is Cc1cc(C(N)Cc2cc(F)ccc2Cl)c(C)nn1. The fourth-order valence-electron chi connectivity index (χ4n) is 1.99. The van der Waals surface area contributed by atoms with Crippen LogP contribution >= 0.6 is 11.6 Å². The fourth-order valence-corrected chi connectivity index (χ4v) is 2.19. The molecule has 1 aromatic heterocycles. The molecule has 19 heavy (non-hydrogen) atoms. The van der Waals surface area contributed by atoms with Crippen molar-refractivity contribution in [2.24, 2.45) is 5.73 Å². The van der Waals surface area contributed by atoms with Crippen LogP contribution in [-0.4, -0.2) is 10.2 Å². The minimum Gasteiger partial charge on any atom is -0.324 e. The molecule has 0 saturated carbocycles. The number of rotatable bonds is 3. The van der Waals surface area contributed by atoms with Gasteiger partial charge in [-0.05, 0) is 55.7 Å². The minimum atomic E-state index is -0.313. The molecule has 0 bridgehead atoms. The lowest BCUT2D eigenvalue weighted by atomic mass is 9.98. The highest BCUT2D eigenvalue weighted by atomic mass is 35.5. The highest BCUT2D eigenvalue weighted by molar-refractivity contribution is 6.31. The average Bonchev–Trinajstić information content (AvgIpc) is 2.36. The zero-order valence-electron chi connectivity index (χ0n) is 10.8. The van der Waals surface area contributed by atoms with Gasteiger partial charge < -0.3 is 5.73 Å². The Hall–Kier alpha value is -1.52. The summed E-state index contributed by atoms with van der Waals surface area (Å²) in [5.74, 6) is -0.313. The Kier molecular flexibility index (Phi) is 4.12. The lowest BCUT2D eigenvalue weighted by molar-refractivity contribution is 0.621. The molecule has 1 unspecified atom stereocenters. The molecular weight excluding hydrogens is 265 g/mol. The van der Waals surface area contributed by atoms with Gasteiger partial charge in [-0.1, -0.05) is 11.6 Å². The molecule has 5 heteroatoms. The summed E-state index contributed by atoms with van der Waals surface area (Å²) in [6, 6.07) is 5.91. The molecule has 0 spiro atoms. The van der Waals surface area contributed by atoms with Crippen molar-refractivity contribution in [1.29, 1.82) is 0 Å². The monoisotopic (exact) mass is 279 g/mol. The molecule has 2 aromatic rings. The van der Waals surface area contributed by atoms with Crippen LogP contribution in [0.5, 0.6) is 0 Å². The first-order valence-corrected chi connectivity index (χ1v) is 6.35. The topological polar surface area (TPSA) is 51.8 Å². The van der Waals surface area contributed by atoms with Gasteiger partial charge in [-0.3, -0.25) is 0 Å². The maximum absolute atomic E-state index is 13.2. The maximum Gasteiger partial charge on any atom is 0.123 e. The van der Waals surface area contributed by atoms with Gasteiger partial charge in [-0.2, -0.15) is 10.2 Å². The first-order chi connectivity index (χ1) is 8.97. The van der Waals surface area contributed by atoms with Crippen LogP contribution in [0.25, 0.3) is 0 Å². The van der Waals surface area contributed by atoms with Gasteiger partial charge in [0.1, 0.15) is 5.82 Å². The molecule has 0 aliphatic heterocycles. The number of hydrogen-bond donors (Lipinski definition) is 1. The summed E-state index contributed by atoms with van der Waals surface area (Å²) in [6.07, 6.45) is 0.461. The lowest BCUT2D eigenvalue weighted by Crippen LogP contribution is -2.16. The van der Waals surface area contributed by atoms with Crippen molar-refractivity contribution >= 4 is 11.6 Å². The third-order valence-corrected chi connectivity index (χ3v) is 3.36. The van der Waals surface area contributed by atoms with E-state index < -0.39 is 0 Å². The van der Waals surface area contributed by atoms with Gasteiger partial charge >= 0.3 is 0 Å². The number of hydrogen-bond acceptors (Lipinski definition) is 3. The number of benzene rings is 1. The summed E-state index contributed by atoms with van der Waals surface area (Å²) in [5, 5.41) is 8.53. The van der Waals surface area contributed by atoms with Crippen LogP contribution in [0.4, 0.5) is 4.39 Å². The third-order valence-electron chi connectivity index (χ3n) is 2.99. The van der Waals surface area contributed by atoms with Crippen LogP contribution in [-0.2, 0) is 6.42 Å². The zero-order valence-corrected chi connectivity index (χ0v) is 11.6. The van der Waals surface area contributed by atoms with Crippen molar-refractivity contribution in [3.63, 3.8) is 0 Å². The second-order valence-electron chi connectivity index (χ2n) is 4.57.